The Morgan fingerprint density at radius 3 is 2.78 bits per heavy atom. The van der Waals surface area contributed by atoms with Crippen LogP contribution in [0.2, 0.25) is 5.02 Å². The first-order valence-corrected chi connectivity index (χ1v) is 9.85. The summed E-state index contributed by atoms with van der Waals surface area (Å²) in [7, 11) is -3.77. The van der Waals surface area contributed by atoms with E-state index in [1.807, 2.05) is 6.07 Å². The maximum atomic E-state index is 12.8. The number of rotatable bonds is 4. The van der Waals surface area contributed by atoms with Crippen LogP contribution in [0.15, 0.2) is 65.8 Å². The molecule has 0 aliphatic carbocycles. The van der Waals surface area contributed by atoms with E-state index in [1.165, 1.54) is 12.4 Å². The third kappa shape index (κ3) is 3.49. The van der Waals surface area contributed by atoms with Crippen molar-refractivity contribution in [3.63, 3.8) is 0 Å². The first-order valence-electron chi connectivity index (χ1n) is 7.99. The molecule has 0 saturated heterocycles. The largest absolute Gasteiger partial charge is 0.280 e. The van der Waals surface area contributed by atoms with Gasteiger partial charge in [-0.3, -0.25) is 4.72 Å². The zero-order valence-corrected chi connectivity index (χ0v) is 15.7. The summed E-state index contributed by atoms with van der Waals surface area (Å²) in [5.41, 5.74) is 3.10. The molecule has 7 nitrogen and oxygen atoms in total. The highest BCUT2D eigenvalue weighted by Crippen LogP contribution is 2.25. The van der Waals surface area contributed by atoms with Gasteiger partial charge in [-0.25, -0.2) is 8.42 Å². The van der Waals surface area contributed by atoms with Crippen LogP contribution in [0.1, 0.15) is 5.56 Å². The molecule has 27 heavy (non-hydrogen) atoms. The minimum atomic E-state index is -3.77. The van der Waals surface area contributed by atoms with Gasteiger partial charge in [-0.1, -0.05) is 29.8 Å². The molecule has 0 bridgehead atoms. The highest BCUT2D eigenvalue weighted by Gasteiger charge is 2.18. The molecule has 2 aromatic heterocycles. The van der Waals surface area contributed by atoms with E-state index < -0.39 is 10.0 Å². The molecule has 2 heterocycles. The number of nitrogens with one attached hydrogen (secondary N) is 1. The smallest absolute Gasteiger partial charge is 0.262 e. The van der Waals surface area contributed by atoms with Crippen molar-refractivity contribution in [2.24, 2.45) is 0 Å². The van der Waals surface area contributed by atoms with Crippen LogP contribution in [0.25, 0.3) is 16.9 Å². The second-order valence-corrected chi connectivity index (χ2v) is 8.04. The van der Waals surface area contributed by atoms with Crippen LogP contribution >= 0.6 is 11.6 Å². The summed E-state index contributed by atoms with van der Waals surface area (Å²) in [6.45, 7) is 1.72. The summed E-state index contributed by atoms with van der Waals surface area (Å²) >= 11 is 5.96. The van der Waals surface area contributed by atoms with Crippen LogP contribution in [-0.4, -0.2) is 28.2 Å². The third-order valence-corrected chi connectivity index (χ3v) is 5.77. The summed E-state index contributed by atoms with van der Waals surface area (Å²) in [6, 6.07) is 15.4. The third-order valence-electron chi connectivity index (χ3n) is 4.01. The lowest BCUT2D eigenvalue weighted by atomic mass is 10.1. The zero-order chi connectivity index (χ0) is 19.0. The molecule has 4 rings (SSSR count). The average Bonchev–Trinajstić information content (AvgIpc) is 3.11. The average molecular weight is 400 g/mol. The van der Waals surface area contributed by atoms with Gasteiger partial charge in [0.25, 0.3) is 10.0 Å². The van der Waals surface area contributed by atoms with Crippen molar-refractivity contribution in [1.82, 2.24) is 19.8 Å². The van der Waals surface area contributed by atoms with Gasteiger partial charge in [0.05, 0.1) is 10.6 Å². The lowest BCUT2D eigenvalue weighted by molar-refractivity contribution is 0.600. The van der Waals surface area contributed by atoms with Crippen molar-refractivity contribution in [2.75, 3.05) is 4.72 Å². The Hall–Kier alpha value is -2.97. The van der Waals surface area contributed by atoms with Crippen LogP contribution in [0.4, 0.5) is 5.69 Å². The van der Waals surface area contributed by atoms with Gasteiger partial charge in [0.15, 0.2) is 5.65 Å². The molecule has 0 spiro atoms. The van der Waals surface area contributed by atoms with Gasteiger partial charge in [-0.05, 0) is 48.9 Å². The zero-order valence-electron chi connectivity index (χ0n) is 14.2. The van der Waals surface area contributed by atoms with Crippen LogP contribution in [0.5, 0.6) is 0 Å². The molecule has 4 aromatic rings. The second-order valence-electron chi connectivity index (χ2n) is 5.95. The number of sulfonamides is 1. The Balaban J connectivity index is 1.69. The van der Waals surface area contributed by atoms with E-state index in [-0.39, 0.29) is 4.90 Å². The lowest BCUT2D eigenvalue weighted by Crippen LogP contribution is -2.14. The van der Waals surface area contributed by atoms with Gasteiger partial charge in [0, 0.05) is 16.3 Å². The number of benzene rings is 2. The molecule has 9 heteroatoms. The fourth-order valence-electron chi connectivity index (χ4n) is 2.70. The lowest BCUT2D eigenvalue weighted by Gasteiger charge is -2.12. The highest BCUT2D eigenvalue weighted by atomic mass is 35.5. The topological polar surface area (TPSA) is 89.2 Å². The maximum absolute atomic E-state index is 12.8. The normalized spacial score (nSPS) is 11.6. The van der Waals surface area contributed by atoms with Crippen molar-refractivity contribution in [3.8, 4) is 11.3 Å². The fraction of sp³-hybridized carbons (Fsp3) is 0.0556. The molecule has 0 atom stereocenters. The van der Waals surface area contributed by atoms with E-state index in [1.54, 1.807) is 53.9 Å². The van der Waals surface area contributed by atoms with Gasteiger partial charge >= 0.3 is 0 Å². The number of anilines is 1. The van der Waals surface area contributed by atoms with Crippen molar-refractivity contribution in [1.29, 1.82) is 0 Å². The maximum Gasteiger partial charge on any atom is 0.262 e. The molecule has 0 aliphatic rings. The van der Waals surface area contributed by atoms with Crippen LogP contribution < -0.4 is 4.72 Å². The molecule has 0 saturated carbocycles. The first-order chi connectivity index (χ1) is 12.9. The van der Waals surface area contributed by atoms with E-state index >= 15 is 0 Å². The predicted molar refractivity (Wildman–Crippen MR) is 103 cm³/mol. The van der Waals surface area contributed by atoms with Crippen LogP contribution in [0, 0.1) is 6.92 Å². The molecule has 0 amide bonds. The van der Waals surface area contributed by atoms with E-state index in [9.17, 15) is 8.42 Å². The molecule has 0 unspecified atom stereocenters. The molecular weight excluding hydrogens is 386 g/mol. The van der Waals surface area contributed by atoms with Gasteiger partial charge in [-0.2, -0.15) is 9.61 Å². The number of halogens is 1. The van der Waals surface area contributed by atoms with Crippen LogP contribution in [-0.2, 0) is 10.0 Å². The van der Waals surface area contributed by atoms with E-state index in [0.717, 1.165) is 5.56 Å². The Morgan fingerprint density at radius 1 is 1.07 bits per heavy atom. The molecule has 0 radical (unpaired) electrons. The van der Waals surface area contributed by atoms with Crippen molar-refractivity contribution >= 4 is 33.0 Å². The van der Waals surface area contributed by atoms with Gasteiger partial charge < -0.3 is 0 Å². The van der Waals surface area contributed by atoms with Gasteiger partial charge in [0.2, 0.25) is 0 Å². The fourth-order valence-corrected chi connectivity index (χ4v) is 4.26. The van der Waals surface area contributed by atoms with Crippen molar-refractivity contribution in [3.05, 3.63) is 71.5 Å². The van der Waals surface area contributed by atoms with E-state index in [4.69, 9.17) is 11.6 Å². The molecular formula is C18H14ClN5O2S. The predicted octanol–water partition coefficient (Wildman–Crippen LogP) is 3.55. The molecule has 0 fully saturated rings. The molecule has 2 aromatic carbocycles. The number of aryl methyl sites for hydroxylation is 1. The highest BCUT2D eigenvalue weighted by molar-refractivity contribution is 7.92. The Kier molecular flexibility index (Phi) is 4.29. The Bertz CT molecular complexity index is 1250. The summed E-state index contributed by atoms with van der Waals surface area (Å²) in [4.78, 5) is 0.143. The molecule has 1 N–H and O–H groups in total. The summed E-state index contributed by atoms with van der Waals surface area (Å²) in [5, 5.41) is 12.5. The SMILES string of the molecule is Cc1ccc(Cl)cc1S(=O)(=O)Nc1cccc(-c2ccc3nncn3n2)c1. The summed E-state index contributed by atoms with van der Waals surface area (Å²) in [6.07, 6.45) is 1.51. The number of hydrogen-bond donors (Lipinski definition) is 1. The Morgan fingerprint density at radius 2 is 1.93 bits per heavy atom. The summed E-state index contributed by atoms with van der Waals surface area (Å²) in [5.74, 6) is 0. The van der Waals surface area contributed by atoms with Gasteiger partial charge in [-0.15, -0.1) is 10.2 Å². The number of nitrogens with zero attached hydrogens (tertiary/aromatic N) is 4. The van der Waals surface area contributed by atoms with Crippen molar-refractivity contribution < 1.29 is 8.42 Å². The number of hydrogen-bond acceptors (Lipinski definition) is 5. The quantitative estimate of drug-likeness (QED) is 0.566. The van der Waals surface area contributed by atoms with Gasteiger partial charge in [0.1, 0.15) is 6.33 Å². The first kappa shape index (κ1) is 17.4. The molecule has 0 aliphatic heterocycles. The number of fused-ring (bicyclic) bond motifs is 1. The van der Waals surface area contributed by atoms with Crippen LogP contribution in [0.3, 0.4) is 0 Å². The minimum Gasteiger partial charge on any atom is -0.280 e. The standard InChI is InChI=1S/C18H14ClN5O2S/c1-12-5-6-14(19)10-17(12)27(25,26)23-15-4-2-3-13(9-15)16-7-8-18-21-20-11-24(18)22-16/h2-11,23H,1H3. The van der Waals surface area contributed by atoms with E-state index in [0.29, 0.717) is 27.6 Å². The summed E-state index contributed by atoms with van der Waals surface area (Å²) < 4.78 is 29.7. The second kappa shape index (κ2) is 6.64. The minimum absolute atomic E-state index is 0.143. The Labute approximate surface area is 160 Å². The van der Waals surface area contributed by atoms with Crippen molar-refractivity contribution in [2.45, 2.75) is 11.8 Å². The van der Waals surface area contributed by atoms with E-state index in [2.05, 4.69) is 20.0 Å². The number of aromatic nitrogens is 4. The molecule has 136 valence electrons. The monoisotopic (exact) mass is 399 g/mol.